The largest absolute Gasteiger partial charge is 0.490 e. The fraction of sp³-hybridized carbons (Fsp3) is 0.579. The molecule has 0 saturated heterocycles. The molecule has 43 heavy (non-hydrogen) atoms. The van der Waals surface area contributed by atoms with Gasteiger partial charge in [-0.3, -0.25) is 0 Å². The van der Waals surface area contributed by atoms with E-state index < -0.39 is 0 Å². The molecule has 0 fully saturated rings. The van der Waals surface area contributed by atoms with Crippen LogP contribution in [-0.4, -0.2) is 15.8 Å². The van der Waals surface area contributed by atoms with E-state index in [1.807, 2.05) is 0 Å². The van der Waals surface area contributed by atoms with Gasteiger partial charge in [0.05, 0.1) is 0 Å². The number of ether oxygens (including phenoxy) is 2. The van der Waals surface area contributed by atoms with Crippen LogP contribution in [0.25, 0.3) is 11.1 Å². The highest BCUT2D eigenvalue weighted by Crippen LogP contribution is 2.51. The highest BCUT2D eigenvalue weighted by Gasteiger charge is 2.47. The summed E-state index contributed by atoms with van der Waals surface area (Å²) in [6, 6.07) is 0. The topological polar surface area (TPSA) is 57.4 Å². The highest BCUT2D eigenvalue weighted by atomic mass is 16.5. The van der Waals surface area contributed by atoms with Gasteiger partial charge in [-0.1, -0.05) is 91.3 Å². The van der Waals surface area contributed by atoms with Crippen LogP contribution in [0.3, 0.4) is 0 Å². The molecule has 0 aromatic carbocycles. The van der Waals surface area contributed by atoms with E-state index in [1.165, 1.54) is 5.57 Å². The van der Waals surface area contributed by atoms with Crippen LogP contribution >= 0.6 is 0 Å². The first-order valence-electron chi connectivity index (χ1n) is 16.2. The third kappa shape index (κ3) is 6.28. The summed E-state index contributed by atoms with van der Waals surface area (Å²) in [5, 5.41) is 8.94. The summed E-state index contributed by atoms with van der Waals surface area (Å²) >= 11 is 0. The molecule has 0 spiro atoms. The minimum absolute atomic E-state index is 0.0330. The van der Waals surface area contributed by atoms with Crippen LogP contribution in [0.4, 0.5) is 0 Å². The van der Waals surface area contributed by atoms with Gasteiger partial charge >= 0.3 is 0 Å². The molecule has 0 bridgehead atoms. The number of hydrogen-bond donors (Lipinski definition) is 0. The van der Waals surface area contributed by atoms with Crippen molar-refractivity contribution in [3.05, 3.63) is 83.2 Å². The molecule has 0 saturated carbocycles. The Kier molecular flexibility index (Phi) is 8.11. The molecule has 2 heterocycles. The van der Waals surface area contributed by atoms with Crippen LogP contribution in [0.2, 0.25) is 0 Å². The third-order valence-electron chi connectivity index (χ3n) is 10.7. The molecule has 2 unspecified atom stereocenters. The predicted octanol–water partition coefficient (Wildman–Crippen LogP) is 10.7. The summed E-state index contributed by atoms with van der Waals surface area (Å²) in [6.07, 6.45) is 23.9. The first-order valence-corrected chi connectivity index (χ1v) is 16.2. The Bertz CT molecular complexity index is 1470. The van der Waals surface area contributed by atoms with Gasteiger partial charge in [0.1, 0.15) is 22.9 Å². The van der Waals surface area contributed by atoms with E-state index in [-0.39, 0.29) is 27.3 Å². The van der Waals surface area contributed by atoms with E-state index in [2.05, 4.69) is 128 Å². The lowest BCUT2D eigenvalue weighted by molar-refractivity contribution is -0.0676. The van der Waals surface area contributed by atoms with Gasteiger partial charge in [0.25, 0.3) is 0 Å². The zero-order chi connectivity index (χ0) is 31.3. The molecule has 232 valence electrons. The minimum Gasteiger partial charge on any atom is -0.490 e. The molecule has 0 amide bonds. The smallest absolute Gasteiger partial charge is 0.244 e. The summed E-state index contributed by atoms with van der Waals surface area (Å²) in [5.74, 6) is 4.16. The fourth-order valence-electron chi connectivity index (χ4n) is 6.54. The van der Waals surface area contributed by atoms with Crippen molar-refractivity contribution in [2.45, 2.75) is 120 Å². The lowest BCUT2D eigenvalue weighted by Gasteiger charge is -2.43. The molecular formula is C38H52N2O3. The monoisotopic (exact) mass is 584 g/mol. The van der Waals surface area contributed by atoms with E-state index >= 15 is 0 Å². The molecule has 2 atom stereocenters. The van der Waals surface area contributed by atoms with Crippen molar-refractivity contribution in [3.8, 4) is 0 Å². The molecule has 5 nitrogen and oxygen atoms in total. The van der Waals surface area contributed by atoms with Crippen LogP contribution in [-0.2, 0) is 9.47 Å². The molecule has 4 aliphatic rings. The van der Waals surface area contributed by atoms with Crippen LogP contribution < -0.4 is 0 Å². The zero-order valence-corrected chi connectivity index (χ0v) is 28.2. The van der Waals surface area contributed by atoms with Crippen LogP contribution in [0, 0.1) is 21.7 Å². The van der Waals surface area contributed by atoms with Gasteiger partial charge in [-0.15, -0.1) is 10.2 Å². The summed E-state index contributed by atoms with van der Waals surface area (Å²) in [6.45, 7) is 22.6. The van der Waals surface area contributed by atoms with E-state index in [0.29, 0.717) is 11.8 Å². The maximum atomic E-state index is 6.74. The summed E-state index contributed by atoms with van der Waals surface area (Å²) in [4.78, 5) is 0. The van der Waals surface area contributed by atoms with Gasteiger partial charge in [-0.2, -0.15) is 0 Å². The molecular weight excluding hydrogens is 532 g/mol. The lowest BCUT2D eigenvalue weighted by atomic mass is 9.73. The summed E-state index contributed by atoms with van der Waals surface area (Å²) in [5.41, 5.74) is 3.27. The van der Waals surface area contributed by atoms with Gasteiger partial charge in [0.15, 0.2) is 0 Å². The fourth-order valence-corrected chi connectivity index (χ4v) is 6.54. The molecule has 0 radical (unpaired) electrons. The Morgan fingerprint density at radius 2 is 1.42 bits per heavy atom. The van der Waals surface area contributed by atoms with Crippen LogP contribution in [0.1, 0.15) is 126 Å². The van der Waals surface area contributed by atoms with Gasteiger partial charge in [-0.05, 0) is 75.0 Å². The average Bonchev–Trinajstić information content (AvgIpc) is 3.37. The van der Waals surface area contributed by atoms with Crippen molar-refractivity contribution < 1.29 is 13.9 Å². The van der Waals surface area contributed by atoms with Crippen molar-refractivity contribution in [2.24, 2.45) is 21.7 Å². The Balaban J connectivity index is 1.35. The van der Waals surface area contributed by atoms with Crippen molar-refractivity contribution in [1.82, 2.24) is 10.2 Å². The molecule has 1 aromatic rings. The van der Waals surface area contributed by atoms with Crippen molar-refractivity contribution in [3.63, 3.8) is 0 Å². The number of allylic oxidation sites excluding steroid dienone is 12. The number of hydrogen-bond acceptors (Lipinski definition) is 5. The molecule has 1 aliphatic heterocycles. The Morgan fingerprint density at radius 3 is 2.07 bits per heavy atom. The van der Waals surface area contributed by atoms with Gasteiger partial charge in [0.2, 0.25) is 11.8 Å². The third-order valence-corrected chi connectivity index (χ3v) is 10.7. The quantitative estimate of drug-likeness (QED) is 0.298. The maximum Gasteiger partial charge on any atom is 0.244 e. The first-order chi connectivity index (χ1) is 20.1. The normalized spacial score (nSPS) is 28.5. The lowest BCUT2D eigenvalue weighted by Crippen LogP contribution is -2.42. The second-order valence-electron chi connectivity index (χ2n) is 15.5. The molecule has 5 rings (SSSR count). The number of aromatic nitrogens is 2. The predicted molar refractivity (Wildman–Crippen MR) is 175 cm³/mol. The van der Waals surface area contributed by atoms with E-state index in [9.17, 15) is 0 Å². The second kappa shape index (κ2) is 11.1. The highest BCUT2D eigenvalue weighted by molar-refractivity contribution is 5.66. The molecule has 3 aliphatic carbocycles. The van der Waals surface area contributed by atoms with Crippen molar-refractivity contribution in [1.29, 1.82) is 0 Å². The van der Waals surface area contributed by atoms with E-state index in [1.54, 1.807) is 0 Å². The average molecular weight is 585 g/mol. The van der Waals surface area contributed by atoms with Gasteiger partial charge < -0.3 is 13.9 Å². The Hall–Kier alpha value is -3.08. The van der Waals surface area contributed by atoms with Crippen molar-refractivity contribution in [2.75, 3.05) is 0 Å². The Labute approximate surface area is 259 Å². The number of nitrogens with zero attached hydrogens (tertiary/aromatic N) is 2. The minimum atomic E-state index is -0.262. The maximum absolute atomic E-state index is 6.74. The second-order valence-corrected chi connectivity index (χ2v) is 15.5. The van der Waals surface area contributed by atoms with Crippen molar-refractivity contribution >= 4 is 11.1 Å². The molecule has 0 N–H and O–H groups in total. The van der Waals surface area contributed by atoms with E-state index in [4.69, 9.17) is 13.9 Å². The molecule has 5 heteroatoms. The number of fused-ring (bicyclic) bond motifs is 1. The summed E-state index contributed by atoms with van der Waals surface area (Å²) in [7, 11) is 0. The molecule has 1 aromatic heterocycles. The van der Waals surface area contributed by atoms with E-state index in [0.717, 1.165) is 73.4 Å². The van der Waals surface area contributed by atoms with Gasteiger partial charge in [0, 0.05) is 34.8 Å². The first kappa shape index (κ1) is 31.3. The Morgan fingerprint density at radius 1 is 0.767 bits per heavy atom. The SMILES string of the molecule is CCC(C)(C)C1=CC=C(c2nnc(C3=CC=C(OC4=CC=C5OC(C)(CC)C(C)(C)C=CC5(C)C4)CC(C)(C)C3)o2)CC1. The standard InChI is InChI=1S/C38H52N2O3/c1-11-35(5,6)28-16-13-26(14-17-28)32-39-40-33(42-32)27-15-18-29(24-34(3,4)23-27)41-30-19-20-31-37(9,25-30)22-21-36(7,8)38(10,12-2)43-31/h13,15-16,18-22H,11-12,14,17,23-25H2,1-10H3. The van der Waals surface area contributed by atoms with Crippen LogP contribution in [0.5, 0.6) is 0 Å². The van der Waals surface area contributed by atoms with Crippen LogP contribution in [0.15, 0.2) is 75.9 Å². The summed E-state index contributed by atoms with van der Waals surface area (Å²) < 4.78 is 19.6. The van der Waals surface area contributed by atoms with Gasteiger partial charge in [-0.25, -0.2) is 0 Å². The zero-order valence-electron chi connectivity index (χ0n) is 28.2. The number of rotatable bonds is 7.